The number of benzene rings is 2. The van der Waals surface area contributed by atoms with E-state index in [0.29, 0.717) is 6.54 Å². The maximum absolute atomic E-state index is 13.1. The molecule has 0 radical (unpaired) electrons. The Morgan fingerprint density at radius 1 is 1.00 bits per heavy atom. The van der Waals surface area contributed by atoms with Crippen molar-refractivity contribution >= 4 is 52.9 Å². The largest absolute Gasteiger partial charge is 0.444 e. The molecule has 2 amide bonds. The number of hydrogen-bond donors (Lipinski definition) is 0. The first-order valence-electron chi connectivity index (χ1n) is 10.7. The minimum absolute atomic E-state index is 0.0870. The van der Waals surface area contributed by atoms with E-state index in [-0.39, 0.29) is 12.5 Å². The van der Waals surface area contributed by atoms with E-state index in [9.17, 15) is 9.59 Å². The van der Waals surface area contributed by atoms with Gasteiger partial charge in [-0.05, 0) is 29.4 Å². The van der Waals surface area contributed by atoms with Gasteiger partial charge in [-0.25, -0.2) is 9.10 Å². The summed E-state index contributed by atoms with van der Waals surface area (Å²) in [4.78, 5) is 25.3. The van der Waals surface area contributed by atoms with E-state index >= 15 is 0 Å². The highest BCUT2D eigenvalue weighted by Crippen LogP contribution is 2.66. The van der Waals surface area contributed by atoms with Crippen LogP contribution in [0.4, 0.5) is 4.79 Å². The van der Waals surface area contributed by atoms with Crippen molar-refractivity contribution in [1.29, 1.82) is 0 Å². The summed E-state index contributed by atoms with van der Waals surface area (Å²) in [6.45, 7) is 4.18. The van der Waals surface area contributed by atoms with Crippen LogP contribution in [-0.2, 0) is 34.5 Å². The first kappa shape index (κ1) is 27.7. The molecule has 33 heavy (non-hydrogen) atoms. The maximum atomic E-state index is 13.1. The molecule has 0 N–H and O–H groups in total. The average molecular weight is 526 g/mol. The van der Waals surface area contributed by atoms with Gasteiger partial charge in [0, 0.05) is 26.8 Å². The quantitative estimate of drug-likeness (QED) is 0.177. The Hall–Kier alpha value is -1.51. The Kier molecular flexibility index (Phi) is 11.8. The lowest BCUT2D eigenvalue weighted by atomic mass is 10.2. The Labute approximate surface area is 211 Å². The molecule has 0 aliphatic heterocycles. The molecular formula is C23H32N3O3PS3. The number of carbonyl (C=O) groups is 2. The van der Waals surface area contributed by atoms with Gasteiger partial charge >= 0.3 is 6.09 Å². The number of ether oxygens (including phenoxy) is 1. The van der Waals surface area contributed by atoms with Crippen LogP contribution in [-0.4, -0.2) is 44.9 Å². The van der Waals surface area contributed by atoms with Crippen molar-refractivity contribution < 1.29 is 14.3 Å². The van der Waals surface area contributed by atoms with Crippen LogP contribution in [0.2, 0.25) is 0 Å². The monoisotopic (exact) mass is 525 g/mol. The average Bonchev–Trinajstić information content (AvgIpc) is 2.82. The highest BCUT2D eigenvalue weighted by Gasteiger charge is 2.34. The zero-order valence-corrected chi connectivity index (χ0v) is 22.9. The molecule has 2 rings (SSSR count). The number of amides is 2. The molecule has 1 unspecified atom stereocenters. The summed E-state index contributed by atoms with van der Waals surface area (Å²) in [5, 5.41) is 0. The van der Waals surface area contributed by atoms with E-state index in [0.717, 1.165) is 29.7 Å². The van der Waals surface area contributed by atoms with Gasteiger partial charge in [0.2, 0.25) is 5.91 Å². The molecule has 0 bridgehead atoms. The summed E-state index contributed by atoms with van der Waals surface area (Å²) in [6.07, 6.45) is 1.61. The second kappa shape index (κ2) is 14.0. The Bertz CT molecular complexity index is 934. The third-order valence-electron chi connectivity index (χ3n) is 4.74. The molecule has 1 atom stereocenters. The predicted molar refractivity (Wildman–Crippen MR) is 144 cm³/mol. The van der Waals surface area contributed by atoms with Crippen LogP contribution in [0.3, 0.4) is 0 Å². The smallest absolute Gasteiger partial charge is 0.421 e. The van der Waals surface area contributed by atoms with Gasteiger partial charge in [-0.1, -0.05) is 85.4 Å². The van der Waals surface area contributed by atoms with Crippen molar-refractivity contribution in [3.63, 3.8) is 0 Å². The molecule has 0 aromatic heterocycles. The summed E-state index contributed by atoms with van der Waals surface area (Å²) in [6, 6.07) is 19.3. The SMILES string of the molecule is CCCCSP(=S)(N(C)SN(Cc1ccccc1)C(=O)OCc1ccccc1)N(C)C(C)=O. The number of rotatable bonds is 12. The highest BCUT2D eigenvalue weighted by atomic mass is 32.9. The summed E-state index contributed by atoms with van der Waals surface area (Å²) in [5.74, 6) is 0.768. The van der Waals surface area contributed by atoms with Crippen LogP contribution in [0, 0.1) is 0 Å². The maximum Gasteiger partial charge on any atom is 0.421 e. The molecule has 0 fully saturated rings. The van der Waals surface area contributed by atoms with Crippen molar-refractivity contribution in [2.45, 2.75) is 39.8 Å². The van der Waals surface area contributed by atoms with E-state index in [1.807, 2.05) is 71.8 Å². The van der Waals surface area contributed by atoms with Crippen LogP contribution in [0.1, 0.15) is 37.8 Å². The van der Waals surface area contributed by atoms with Gasteiger partial charge in [0.05, 0.1) is 18.7 Å². The molecule has 0 saturated heterocycles. The topological polar surface area (TPSA) is 53.1 Å². The molecule has 0 saturated carbocycles. The minimum Gasteiger partial charge on any atom is -0.444 e. The predicted octanol–water partition coefficient (Wildman–Crippen LogP) is 6.56. The third-order valence-corrected chi connectivity index (χ3v) is 15.0. The zero-order chi connectivity index (χ0) is 24.3. The minimum atomic E-state index is -2.48. The van der Waals surface area contributed by atoms with Crippen molar-refractivity contribution in [3.8, 4) is 0 Å². The van der Waals surface area contributed by atoms with Gasteiger partial charge in [0.15, 0.2) is 5.54 Å². The lowest BCUT2D eigenvalue weighted by Crippen LogP contribution is -2.31. The van der Waals surface area contributed by atoms with E-state index in [1.165, 1.54) is 19.1 Å². The lowest BCUT2D eigenvalue weighted by molar-refractivity contribution is -0.123. The normalized spacial score (nSPS) is 12.8. The van der Waals surface area contributed by atoms with E-state index in [1.54, 1.807) is 27.4 Å². The molecule has 10 heteroatoms. The molecule has 2 aromatic carbocycles. The second-order valence-corrected chi connectivity index (χ2v) is 16.1. The van der Waals surface area contributed by atoms with Gasteiger partial charge in [-0.3, -0.25) is 9.46 Å². The van der Waals surface area contributed by atoms with Crippen LogP contribution in [0.15, 0.2) is 60.7 Å². The summed E-state index contributed by atoms with van der Waals surface area (Å²) < 4.78 is 10.7. The van der Waals surface area contributed by atoms with Crippen LogP contribution in [0.5, 0.6) is 0 Å². The van der Waals surface area contributed by atoms with Crippen LogP contribution >= 0.6 is 29.1 Å². The molecule has 2 aromatic rings. The van der Waals surface area contributed by atoms with Gasteiger partial charge < -0.3 is 4.74 Å². The standard InChI is InChI=1S/C23H32N3O3PS3/c1-5-6-17-32-30(31,24(3)20(2)27)25(4)33-26(18-21-13-9-7-10-14-21)23(28)29-19-22-15-11-8-12-16-22/h7-16H,5-6,17-19H2,1-4H3. The fraction of sp³-hybridized carbons (Fsp3) is 0.391. The molecular weight excluding hydrogens is 493 g/mol. The second-order valence-electron chi connectivity index (χ2n) is 7.33. The van der Waals surface area contributed by atoms with Crippen LogP contribution in [0.25, 0.3) is 0 Å². The lowest BCUT2D eigenvalue weighted by Gasteiger charge is -2.38. The van der Waals surface area contributed by atoms with Crippen molar-refractivity contribution in [3.05, 3.63) is 71.8 Å². The van der Waals surface area contributed by atoms with Gasteiger partial charge in [-0.2, -0.15) is 4.08 Å². The van der Waals surface area contributed by atoms with Gasteiger partial charge in [-0.15, -0.1) is 0 Å². The number of hydrogen-bond acceptors (Lipinski definition) is 6. The fourth-order valence-electron chi connectivity index (χ4n) is 2.72. The molecule has 0 heterocycles. The molecule has 0 aliphatic carbocycles. The molecule has 180 valence electrons. The first-order valence-corrected chi connectivity index (χ1v) is 15.7. The fourth-order valence-corrected chi connectivity index (χ4v) is 10.4. The van der Waals surface area contributed by atoms with Crippen molar-refractivity contribution in [2.75, 3.05) is 19.8 Å². The van der Waals surface area contributed by atoms with Gasteiger partial charge in [0.25, 0.3) is 0 Å². The number of carbonyl (C=O) groups excluding carboxylic acids is 2. The summed E-state index contributed by atoms with van der Waals surface area (Å²) in [5.41, 5.74) is -0.591. The first-order chi connectivity index (χ1) is 15.8. The van der Waals surface area contributed by atoms with Crippen molar-refractivity contribution in [1.82, 2.24) is 13.1 Å². The van der Waals surface area contributed by atoms with Crippen LogP contribution < -0.4 is 0 Å². The highest BCUT2D eigenvalue weighted by molar-refractivity contribution is 8.70. The summed E-state index contributed by atoms with van der Waals surface area (Å²) >= 11 is 8.89. The van der Waals surface area contributed by atoms with Crippen molar-refractivity contribution in [2.24, 2.45) is 0 Å². The molecule has 6 nitrogen and oxygen atoms in total. The Morgan fingerprint density at radius 3 is 2.12 bits per heavy atom. The Balaban J connectivity index is 2.21. The molecule has 0 aliphatic rings. The van der Waals surface area contributed by atoms with E-state index in [2.05, 4.69) is 6.92 Å². The number of nitrogens with zero attached hydrogens (tertiary/aromatic N) is 3. The molecule has 0 spiro atoms. The third kappa shape index (κ3) is 8.65. The van der Waals surface area contributed by atoms with Gasteiger partial charge in [0.1, 0.15) is 6.61 Å². The number of unbranched alkanes of at least 4 members (excludes halogenated alkanes) is 1. The Morgan fingerprint density at radius 2 is 1.58 bits per heavy atom. The van der Waals surface area contributed by atoms with E-state index in [4.69, 9.17) is 16.5 Å². The zero-order valence-electron chi connectivity index (χ0n) is 19.5. The van der Waals surface area contributed by atoms with E-state index < -0.39 is 11.6 Å². The summed E-state index contributed by atoms with van der Waals surface area (Å²) in [7, 11) is 3.60.